The van der Waals surface area contributed by atoms with E-state index in [4.69, 9.17) is 56.8 Å². The summed E-state index contributed by atoms with van der Waals surface area (Å²) < 4.78 is 72.0. The van der Waals surface area contributed by atoms with Crippen LogP contribution in [0.2, 0.25) is 0 Å². The molecule has 560 valence electrons. The van der Waals surface area contributed by atoms with E-state index in [1.165, 1.54) is 51.2 Å². The van der Waals surface area contributed by atoms with Crippen molar-refractivity contribution in [3.05, 3.63) is 29.8 Å². The van der Waals surface area contributed by atoms with Gasteiger partial charge < -0.3 is 155 Å². The fourth-order valence-corrected chi connectivity index (χ4v) is 12.7. The van der Waals surface area contributed by atoms with E-state index in [1.54, 1.807) is 12.1 Å². The van der Waals surface area contributed by atoms with Gasteiger partial charge in [0.15, 0.2) is 37.7 Å². The van der Waals surface area contributed by atoms with Crippen LogP contribution in [0.1, 0.15) is 110 Å². The lowest BCUT2D eigenvalue weighted by atomic mass is 9.93. The Morgan fingerprint density at radius 3 is 1.26 bits per heavy atom. The zero-order chi connectivity index (χ0) is 71.8. The van der Waals surface area contributed by atoms with Crippen molar-refractivity contribution >= 4 is 29.5 Å². The summed E-state index contributed by atoms with van der Waals surface area (Å²) in [6.45, 7) is 3.38. The third kappa shape index (κ3) is 20.6. The number of hydrogen-bond donors (Lipinski definition) is 19. The van der Waals surface area contributed by atoms with E-state index < -0.39 is 246 Å². The molecule has 36 nitrogen and oxygen atoms in total. The van der Waals surface area contributed by atoms with Gasteiger partial charge in [-0.3, -0.25) is 24.0 Å². The number of nitrogens with one attached hydrogen (secondary N) is 5. The number of rotatable bonds is 32. The van der Waals surface area contributed by atoms with E-state index in [-0.39, 0.29) is 5.56 Å². The molecule has 6 aliphatic heterocycles. The van der Waals surface area contributed by atoms with Crippen LogP contribution in [0.25, 0.3) is 0 Å². The van der Waals surface area contributed by atoms with Gasteiger partial charge in [0.05, 0.1) is 45.7 Å². The highest BCUT2D eigenvalue weighted by molar-refractivity contribution is 5.94. The largest absolute Gasteiger partial charge is 0.494 e. The van der Waals surface area contributed by atoms with Crippen LogP contribution in [0, 0.1) is 0 Å². The highest BCUT2D eigenvalue weighted by Gasteiger charge is 2.58. The van der Waals surface area contributed by atoms with Crippen LogP contribution in [0.15, 0.2) is 24.3 Å². The quantitative estimate of drug-likeness (QED) is 0.0298. The minimum absolute atomic E-state index is 0.0594. The van der Waals surface area contributed by atoms with E-state index in [0.717, 1.165) is 53.4 Å². The lowest BCUT2D eigenvalue weighted by Crippen LogP contribution is -2.72. The number of hydrogen-bond acceptors (Lipinski definition) is 31. The molecule has 1 aromatic rings. The normalized spacial score (nSPS) is 39.8. The first-order valence-electron chi connectivity index (χ1n) is 33.2. The topological polar surface area (TPSA) is 539 Å². The number of unbranched alkanes of at least 4 members (excludes halogenated alkanes) is 8. The summed E-state index contributed by atoms with van der Waals surface area (Å²) in [5, 5.41) is 168. The third-order valence-electron chi connectivity index (χ3n) is 17.9. The number of carbonyl (C=O) groups excluding carboxylic acids is 5. The molecule has 19 N–H and O–H groups in total. The molecule has 6 aliphatic rings. The summed E-state index contributed by atoms with van der Waals surface area (Å²) in [6, 6.07) is -2.45. The average molecular weight is 1410 g/mol. The van der Waals surface area contributed by atoms with Crippen molar-refractivity contribution in [2.75, 3.05) is 39.6 Å². The molecule has 98 heavy (non-hydrogen) atoms. The van der Waals surface area contributed by atoms with Crippen LogP contribution >= 0.6 is 0 Å². The van der Waals surface area contributed by atoms with E-state index in [0.29, 0.717) is 12.4 Å². The molecule has 6 fully saturated rings. The van der Waals surface area contributed by atoms with Crippen molar-refractivity contribution in [3.63, 3.8) is 0 Å². The lowest BCUT2D eigenvalue weighted by molar-refractivity contribution is -0.368. The first kappa shape index (κ1) is 80.7. The Morgan fingerprint density at radius 2 is 0.816 bits per heavy atom. The average Bonchev–Trinajstić information content (AvgIpc) is 0.771. The van der Waals surface area contributed by atoms with E-state index >= 15 is 0 Å². The third-order valence-corrected chi connectivity index (χ3v) is 17.9. The van der Waals surface area contributed by atoms with Crippen LogP contribution in [0.3, 0.4) is 0 Å². The molecule has 6 saturated heterocycles. The molecule has 0 radical (unpaired) electrons. The Bertz CT molecular complexity index is 2660. The maximum Gasteiger partial charge on any atom is 0.251 e. The second-order valence-corrected chi connectivity index (χ2v) is 25.4. The van der Waals surface area contributed by atoms with E-state index in [9.17, 15) is 95.5 Å². The Morgan fingerprint density at radius 1 is 0.418 bits per heavy atom. The Kier molecular flexibility index (Phi) is 31.3. The molecule has 0 aliphatic carbocycles. The molecule has 5 amide bonds. The number of aliphatic hydroxyl groups is 14. The molecule has 30 atom stereocenters. The fourth-order valence-electron chi connectivity index (χ4n) is 12.7. The number of amides is 5. The smallest absolute Gasteiger partial charge is 0.251 e. The van der Waals surface area contributed by atoms with Gasteiger partial charge in [-0.25, -0.2) is 0 Å². The van der Waals surface area contributed by atoms with Gasteiger partial charge in [0, 0.05) is 33.3 Å². The predicted molar refractivity (Wildman–Crippen MR) is 329 cm³/mol. The van der Waals surface area contributed by atoms with Crippen LogP contribution in [-0.2, 0) is 71.3 Å². The van der Waals surface area contributed by atoms with Crippen molar-refractivity contribution in [1.82, 2.24) is 26.6 Å². The summed E-state index contributed by atoms with van der Waals surface area (Å²) in [7, 11) is 0. The maximum absolute atomic E-state index is 14.0. The summed E-state index contributed by atoms with van der Waals surface area (Å²) in [4.78, 5) is 65.0. The molecule has 0 aromatic heterocycles. The first-order chi connectivity index (χ1) is 46.7. The van der Waals surface area contributed by atoms with Gasteiger partial charge in [-0.05, 0) is 31.5 Å². The van der Waals surface area contributed by atoms with Gasteiger partial charge >= 0.3 is 0 Å². The number of aliphatic hydroxyl groups excluding tert-OH is 14. The van der Waals surface area contributed by atoms with E-state index in [2.05, 4.69) is 33.5 Å². The molecule has 1 aromatic carbocycles. The molecule has 0 spiro atoms. The number of carbonyl (C=O) groups is 5. The molecule has 36 heteroatoms. The molecule has 6 heterocycles. The Hall–Kier alpha value is -4.63. The SMILES string of the molecule is CCCCCCCCCCCOc1cccc(C(=O)N[C@H]2C(O)[C@H](O)C(CO)O[C@H]2O[C@@H]2C(CO)OC(OC3C(CO)O[C@@H](O[C@@H]4C(CO)OC(OC5C(CO[C@@H]6OC(C)[C@@H](O)C(O)[C@H]6O)O[C@@H](O)[C@@H](NC(C)=O)[C@H]5O)C(NC(C)=O)C4O)[C@@H](NC(C)=O)[C@H]3O)C(NC(C)=O)C2O)c1. The van der Waals surface area contributed by atoms with Gasteiger partial charge in [-0.1, -0.05) is 64.4 Å². The summed E-state index contributed by atoms with van der Waals surface area (Å²) in [5.74, 6) is -3.68. The van der Waals surface area contributed by atoms with Crippen molar-refractivity contribution in [3.8, 4) is 5.75 Å². The molecular weight excluding hydrogens is 1310 g/mol. The zero-order valence-electron chi connectivity index (χ0n) is 55.4. The monoisotopic (exact) mass is 1410 g/mol. The van der Waals surface area contributed by atoms with Crippen LogP contribution in [0.4, 0.5) is 0 Å². The number of benzene rings is 1. The Labute approximate surface area is 565 Å². The van der Waals surface area contributed by atoms with Gasteiger partial charge in [0.2, 0.25) is 23.6 Å². The summed E-state index contributed by atoms with van der Waals surface area (Å²) in [6.07, 6.45) is -34.9. The first-order valence-corrected chi connectivity index (χ1v) is 33.2. The summed E-state index contributed by atoms with van der Waals surface area (Å²) in [5.41, 5.74) is 0.0594. The van der Waals surface area contributed by atoms with Crippen LogP contribution in [0.5, 0.6) is 5.75 Å². The maximum atomic E-state index is 14.0. The van der Waals surface area contributed by atoms with Crippen molar-refractivity contribution < 1.29 is 152 Å². The minimum Gasteiger partial charge on any atom is -0.494 e. The fraction of sp³-hybridized carbons (Fsp3) is 0.823. The van der Waals surface area contributed by atoms with Crippen molar-refractivity contribution in [2.45, 2.75) is 283 Å². The molecule has 0 saturated carbocycles. The molecule has 7 rings (SSSR count). The van der Waals surface area contributed by atoms with Gasteiger partial charge in [0.1, 0.15) is 146 Å². The zero-order valence-corrected chi connectivity index (χ0v) is 55.4. The standard InChI is InChI=1S/C62H101N5O31/c1-7-8-9-10-11-12-13-14-15-19-87-32-18-16-17-31(20-32)56(85)67-39-45(78)44(77)33(21-68)91-58(39)95-52-34(22-69)92-59(40(47(52)80)64-28(4)73)96-53-35(23-70)93-60(41(48(53)81)65-29(5)74)97-54-36(24-71)94-61(42(49(54)82)66-30(6)75)98-55-37(90-57(86)38(46(55)79)63-27(3)72)25-88-62-51(84)50(83)43(76)26(2)89-62/h16-18,20,26,33-55,57-62,68-71,76-84,86H,7-15,19,21-25H2,1-6H3,(H,63,72)(H,64,73)(H,65,74)(H,66,75)(H,67,85)/t26?,33?,34?,35?,36?,37?,38-,39-,40?,41-,42?,43+,44+,45?,46+,47?,48+,49?,50?,51+,52+,53?,54+,55?,57+,58-,59?,60-,61?,62+/m0/s1. The second kappa shape index (κ2) is 38.0. The van der Waals surface area contributed by atoms with Crippen molar-refractivity contribution in [2.24, 2.45) is 0 Å². The molecular formula is C62H101N5O31. The minimum atomic E-state index is -2.07. The molecule has 0 bridgehead atoms. The van der Waals surface area contributed by atoms with Gasteiger partial charge in [-0.2, -0.15) is 0 Å². The predicted octanol–water partition coefficient (Wildman–Crippen LogP) is -7.15. The number of ether oxygens (including phenoxy) is 12. The van der Waals surface area contributed by atoms with Gasteiger partial charge in [0.25, 0.3) is 5.91 Å². The lowest BCUT2D eigenvalue weighted by Gasteiger charge is -2.51. The second-order valence-electron chi connectivity index (χ2n) is 25.4. The van der Waals surface area contributed by atoms with Crippen LogP contribution in [-0.4, -0.2) is 325 Å². The molecule has 16 unspecified atom stereocenters. The van der Waals surface area contributed by atoms with Crippen molar-refractivity contribution in [1.29, 1.82) is 0 Å². The van der Waals surface area contributed by atoms with Crippen LogP contribution < -0.4 is 31.3 Å². The summed E-state index contributed by atoms with van der Waals surface area (Å²) >= 11 is 0. The highest BCUT2D eigenvalue weighted by Crippen LogP contribution is 2.37. The Balaban J connectivity index is 1.07. The van der Waals surface area contributed by atoms with E-state index in [1.807, 2.05) is 0 Å². The highest BCUT2D eigenvalue weighted by atomic mass is 16.8. The van der Waals surface area contributed by atoms with Gasteiger partial charge in [-0.15, -0.1) is 0 Å².